The predicted octanol–water partition coefficient (Wildman–Crippen LogP) is 2.41. The highest BCUT2D eigenvalue weighted by Gasteiger charge is 2.24. The zero-order chi connectivity index (χ0) is 13.7. The van der Waals surface area contributed by atoms with Gasteiger partial charge in [0, 0.05) is 23.8 Å². The van der Waals surface area contributed by atoms with E-state index in [1.165, 1.54) is 19.3 Å². The molecule has 0 bridgehead atoms. The van der Waals surface area contributed by atoms with E-state index in [0.717, 1.165) is 29.7 Å². The summed E-state index contributed by atoms with van der Waals surface area (Å²) in [5.74, 6) is 7.88. The zero-order valence-corrected chi connectivity index (χ0v) is 12.5. The monoisotopic (exact) mass is 281 g/mol. The Morgan fingerprint density at radius 1 is 1.37 bits per heavy atom. The molecule has 1 fully saturated rings. The van der Waals surface area contributed by atoms with E-state index in [9.17, 15) is 0 Å². The van der Waals surface area contributed by atoms with E-state index in [1.807, 2.05) is 17.8 Å². The molecule has 106 valence electrons. The van der Waals surface area contributed by atoms with Gasteiger partial charge in [-0.2, -0.15) is 11.8 Å². The first-order valence-electron chi connectivity index (χ1n) is 6.89. The number of rotatable bonds is 6. The number of hydrogen-bond donors (Lipinski definition) is 3. The van der Waals surface area contributed by atoms with Crippen molar-refractivity contribution in [2.24, 2.45) is 5.84 Å². The summed E-state index contributed by atoms with van der Waals surface area (Å²) in [6.45, 7) is 2.12. The fourth-order valence-electron chi connectivity index (χ4n) is 2.47. The van der Waals surface area contributed by atoms with E-state index >= 15 is 0 Å². The smallest absolute Gasteiger partial charge is 0.145 e. The number of nitrogens with two attached hydrogens (primary N) is 1. The highest BCUT2D eigenvalue weighted by Crippen LogP contribution is 2.30. The van der Waals surface area contributed by atoms with Crippen LogP contribution < -0.4 is 16.6 Å². The van der Waals surface area contributed by atoms with Crippen LogP contribution in [0.15, 0.2) is 6.07 Å². The van der Waals surface area contributed by atoms with Gasteiger partial charge in [-0.05, 0) is 31.9 Å². The Bertz CT molecular complexity index is 412. The molecule has 1 aliphatic carbocycles. The summed E-state index contributed by atoms with van der Waals surface area (Å²) in [4.78, 5) is 8.92. The summed E-state index contributed by atoms with van der Waals surface area (Å²) in [5, 5.41) is 4.30. The van der Waals surface area contributed by atoms with E-state index in [-0.39, 0.29) is 0 Å². The average Bonchev–Trinajstić information content (AvgIpc) is 2.86. The maximum atomic E-state index is 5.46. The van der Waals surface area contributed by atoms with E-state index in [2.05, 4.69) is 33.9 Å². The Balaban J connectivity index is 2.04. The lowest BCUT2D eigenvalue weighted by atomic mass is 10.2. The van der Waals surface area contributed by atoms with Crippen molar-refractivity contribution in [1.29, 1.82) is 0 Å². The highest BCUT2D eigenvalue weighted by molar-refractivity contribution is 7.99. The van der Waals surface area contributed by atoms with Crippen LogP contribution in [-0.2, 0) is 6.42 Å². The Morgan fingerprint density at radius 2 is 2.16 bits per heavy atom. The third kappa shape index (κ3) is 3.98. The topological polar surface area (TPSA) is 75.9 Å². The summed E-state index contributed by atoms with van der Waals surface area (Å²) >= 11 is 1.96. The Hall–Kier alpha value is -1.01. The van der Waals surface area contributed by atoms with Crippen LogP contribution in [0.4, 0.5) is 11.6 Å². The third-order valence-electron chi connectivity index (χ3n) is 3.46. The van der Waals surface area contributed by atoms with Crippen LogP contribution in [0.2, 0.25) is 0 Å². The first kappa shape index (κ1) is 14.4. The van der Waals surface area contributed by atoms with Crippen molar-refractivity contribution < 1.29 is 0 Å². The zero-order valence-electron chi connectivity index (χ0n) is 11.6. The molecule has 0 radical (unpaired) electrons. The molecule has 2 rings (SSSR count). The predicted molar refractivity (Wildman–Crippen MR) is 82.4 cm³/mol. The molecule has 5 nitrogen and oxygen atoms in total. The van der Waals surface area contributed by atoms with Crippen molar-refractivity contribution in [3.8, 4) is 0 Å². The molecule has 1 aromatic rings. The fraction of sp³-hybridized carbons (Fsp3) is 0.692. The summed E-state index contributed by atoms with van der Waals surface area (Å²) in [6.07, 6.45) is 7.80. The van der Waals surface area contributed by atoms with Crippen LogP contribution in [0.5, 0.6) is 0 Å². The Labute approximate surface area is 119 Å². The van der Waals surface area contributed by atoms with Crippen LogP contribution in [0, 0.1) is 0 Å². The molecule has 2 atom stereocenters. The van der Waals surface area contributed by atoms with Gasteiger partial charge >= 0.3 is 0 Å². The number of hydrazine groups is 1. The van der Waals surface area contributed by atoms with Gasteiger partial charge in [0.15, 0.2) is 0 Å². The van der Waals surface area contributed by atoms with Gasteiger partial charge in [-0.15, -0.1) is 0 Å². The number of anilines is 2. The minimum atomic E-state index is 0.521. The van der Waals surface area contributed by atoms with Crippen molar-refractivity contribution in [2.75, 3.05) is 17.0 Å². The summed E-state index contributed by atoms with van der Waals surface area (Å²) in [6, 6.07) is 2.40. The lowest BCUT2D eigenvalue weighted by molar-refractivity contribution is 0.746. The number of nitrogen functional groups attached to an aromatic ring is 1. The Morgan fingerprint density at radius 3 is 2.79 bits per heavy atom. The molecule has 6 heteroatoms. The molecule has 0 saturated heterocycles. The summed E-state index contributed by atoms with van der Waals surface area (Å²) < 4.78 is 0. The first-order chi connectivity index (χ1) is 9.25. The van der Waals surface area contributed by atoms with Gasteiger partial charge in [0.2, 0.25) is 0 Å². The van der Waals surface area contributed by atoms with Crippen LogP contribution in [0.25, 0.3) is 0 Å². The molecule has 0 aromatic carbocycles. The number of nitrogens with zero attached hydrogens (tertiary/aromatic N) is 2. The van der Waals surface area contributed by atoms with Gasteiger partial charge in [0.05, 0.1) is 0 Å². The van der Waals surface area contributed by atoms with Gasteiger partial charge in [0.1, 0.15) is 17.5 Å². The molecule has 1 heterocycles. The molecule has 19 heavy (non-hydrogen) atoms. The molecule has 0 aliphatic heterocycles. The maximum Gasteiger partial charge on any atom is 0.145 e. The maximum absolute atomic E-state index is 5.46. The van der Waals surface area contributed by atoms with Crippen molar-refractivity contribution in [3.05, 3.63) is 11.9 Å². The van der Waals surface area contributed by atoms with Gasteiger partial charge in [-0.1, -0.05) is 6.92 Å². The normalized spacial score (nSPS) is 22.5. The standard InChI is InChI=1S/C13H23N5S/c1-3-4-11-16-12(8-13(17-11)18-14)15-9-5-6-10(7-9)19-2/h8-10H,3-7,14H2,1-2H3,(H2,15,16,17,18). The van der Waals surface area contributed by atoms with Crippen LogP contribution in [0.1, 0.15) is 38.4 Å². The van der Waals surface area contributed by atoms with Crippen molar-refractivity contribution in [2.45, 2.75) is 50.3 Å². The van der Waals surface area contributed by atoms with Crippen molar-refractivity contribution in [1.82, 2.24) is 9.97 Å². The minimum Gasteiger partial charge on any atom is -0.367 e. The minimum absolute atomic E-state index is 0.521. The molecule has 2 unspecified atom stereocenters. The first-order valence-corrected chi connectivity index (χ1v) is 8.17. The second-order valence-corrected chi connectivity index (χ2v) is 6.10. The lowest BCUT2D eigenvalue weighted by Crippen LogP contribution is -2.18. The SMILES string of the molecule is CCCc1nc(NN)cc(NC2CCC(SC)C2)n1. The van der Waals surface area contributed by atoms with E-state index in [0.29, 0.717) is 11.9 Å². The van der Waals surface area contributed by atoms with Crippen LogP contribution in [-0.4, -0.2) is 27.5 Å². The van der Waals surface area contributed by atoms with Crippen molar-refractivity contribution >= 4 is 23.4 Å². The second kappa shape index (κ2) is 6.96. The molecular formula is C13H23N5S. The van der Waals surface area contributed by atoms with E-state index < -0.39 is 0 Å². The van der Waals surface area contributed by atoms with Gasteiger partial charge in [-0.25, -0.2) is 15.8 Å². The number of aromatic nitrogens is 2. The lowest BCUT2D eigenvalue weighted by Gasteiger charge is -2.15. The summed E-state index contributed by atoms with van der Waals surface area (Å²) in [7, 11) is 0. The molecular weight excluding hydrogens is 258 g/mol. The number of aryl methyl sites for hydroxylation is 1. The van der Waals surface area contributed by atoms with Crippen LogP contribution >= 0.6 is 11.8 Å². The second-order valence-electron chi connectivity index (χ2n) is 4.96. The fourth-order valence-corrected chi connectivity index (χ4v) is 3.27. The van der Waals surface area contributed by atoms with Gasteiger partial charge < -0.3 is 10.7 Å². The third-order valence-corrected chi connectivity index (χ3v) is 4.56. The van der Waals surface area contributed by atoms with Gasteiger partial charge in [0.25, 0.3) is 0 Å². The Kier molecular flexibility index (Phi) is 5.27. The quantitative estimate of drug-likeness (QED) is 0.549. The van der Waals surface area contributed by atoms with Gasteiger partial charge in [-0.3, -0.25) is 0 Å². The number of thioether (sulfide) groups is 1. The molecule has 1 saturated carbocycles. The molecule has 1 aliphatic rings. The van der Waals surface area contributed by atoms with E-state index in [1.54, 1.807) is 0 Å². The molecule has 1 aromatic heterocycles. The van der Waals surface area contributed by atoms with Crippen molar-refractivity contribution in [3.63, 3.8) is 0 Å². The molecule has 4 N–H and O–H groups in total. The number of nitrogens with one attached hydrogen (secondary N) is 2. The number of hydrogen-bond acceptors (Lipinski definition) is 6. The molecule has 0 amide bonds. The van der Waals surface area contributed by atoms with Crippen LogP contribution in [0.3, 0.4) is 0 Å². The summed E-state index contributed by atoms with van der Waals surface area (Å²) in [5.41, 5.74) is 2.62. The largest absolute Gasteiger partial charge is 0.367 e. The highest BCUT2D eigenvalue weighted by atomic mass is 32.2. The average molecular weight is 281 g/mol. The molecule has 0 spiro atoms. The van der Waals surface area contributed by atoms with E-state index in [4.69, 9.17) is 5.84 Å².